The molecule has 4 aromatic rings. The van der Waals surface area contributed by atoms with E-state index < -0.39 is 0 Å². The van der Waals surface area contributed by atoms with Crippen molar-refractivity contribution in [2.24, 2.45) is 15.3 Å². The molecule has 0 radical (unpaired) electrons. The molecule has 0 spiro atoms. The summed E-state index contributed by atoms with van der Waals surface area (Å²) in [6.07, 6.45) is 0. The Morgan fingerprint density at radius 1 is 0.630 bits per heavy atom. The second-order valence-electron chi connectivity index (χ2n) is 5.98. The van der Waals surface area contributed by atoms with Crippen molar-refractivity contribution in [3.05, 3.63) is 109 Å². The largest absolute Gasteiger partial charge is 0.276 e. The third-order valence-corrected chi connectivity index (χ3v) is 4.12. The Hall–Kier alpha value is -3.79. The summed E-state index contributed by atoms with van der Waals surface area (Å²) in [5.41, 5.74) is 5.66. The van der Waals surface area contributed by atoms with Crippen LogP contribution in [0.5, 0.6) is 0 Å². The summed E-state index contributed by atoms with van der Waals surface area (Å²) >= 11 is 0. The molecule has 0 aliphatic carbocycles. The molecule has 1 N–H and O–H groups in total. The molecule has 0 heterocycles. The van der Waals surface area contributed by atoms with Gasteiger partial charge in [-0.3, -0.25) is 5.43 Å². The highest BCUT2D eigenvalue weighted by Crippen LogP contribution is 2.26. The zero-order chi connectivity index (χ0) is 18.3. The molecule has 0 atom stereocenters. The van der Waals surface area contributed by atoms with Crippen molar-refractivity contribution in [1.29, 1.82) is 0 Å². The first-order valence-corrected chi connectivity index (χ1v) is 8.74. The van der Waals surface area contributed by atoms with Crippen molar-refractivity contribution in [1.82, 2.24) is 0 Å². The van der Waals surface area contributed by atoms with Crippen molar-refractivity contribution in [3.63, 3.8) is 0 Å². The molecule has 0 unspecified atom stereocenters. The molecule has 0 amide bonds. The van der Waals surface area contributed by atoms with Gasteiger partial charge in [0, 0.05) is 10.9 Å². The maximum Gasteiger partial charge on any atom is 0.201 e. The maximum atomic E-state index is 4.48. The fourth-order valence-electron chi connectivity index (χ4n) is 2.76. The number of para-hydroxylation sites is 1. The van der Waals surface area contributed by atoms with Gasteiger partial charge in [0.15, 0.2) is 0 Å². The van der Waals surface area contributed by atoms with Crippen LogP contribution in [0.4, 0.5) is 11.4 Å². The molecule has 4 nitrogen and oxygen atoms in total. The van der Waals surface area contributed by atoms with Crippen molar-refractivity contribution < 1.29 is 0 Å². The van der Waals surface area contributed by atoms with Gasteiger partial charge in [-0.15, -0.1) is 10.2 Å². The number of amidine groups is 1. The van der Waals surface area contributed by atoms with Gasteiger partial charge in [-0.2, -0.15) is 5.10 Å². The van der Waals surface area contributed by atoms with Crippen molar-refractivity contribution in [2.45, 2.75) is 0 Å². The number of rotatable bonds is 4. The molecule has 0 saturated carbocycles. The predicted octanol–water partition coefficient (Wildman–Crippen LogP) is 6.40. The quantitative estimate of drug-likeness (QED) is 0.197. The average Bonchev–Trinajstić information content (AvgIpc) is 2.75. The summed E-state index contributed by atoms with van der Waals surface area (Å²) in [5.74, 6) is 0.521. The number of hydrogen-bond donors (Lipinski definition) is 1. The van der Waals surface area contributed by atoms with Crippen LogP contribution in [0.3, 0.4) is 0 Å². The smallest absolute Gasteiger partial charge is 0.201 e. The van der Waals surface area contributed by atoms with E-state index >= 15 is 0 Å². The van der Waals surface area contributed by atoms with E-state index in [0.29, 0.717) is 5.84 Å². The van der Waals surface area contributed by atoms with Gasteiger partial charge in [-0.1, -0.05) is 84.9 Å². The molecule has 130 valence electrons. The molecule has 0 aromatic heterocycles. The summed E-state index contributed by atoms with van der Waals surface area (Å²) in [4.78, 5) is 0. The van der Waals surface area contributed by atoms with E-state index in [2.05, 4.69) is 32.9 Å². The van der Waals surface area contributed by atoms with Gasteiger partial charge >= 0.3 is 0 Å². The Kier molecular flexibility index (Phi) is 4.97. The standard InChI is InChI=1S/C23H18N4/c1-3-11-19(12-4-1)23(26-24-20-14-5-2-6-15-20)27-25-22-17-9-13-18-10-7-8-16-21(18)22/h1-17,24H. The van der Waals surface area contributed by atoms with Gasteiger partial charge < -0.3 is 0 Å². The van der Waals surface area contributed by atoms with Gasteiger partial charge in [0.2, 0.25) is 5.84 Å². The van der Waals surface area contributed by atoms with Crippen molar-refractivity contribution in [3.8, 4) is 0 Å². The Morgan fingerprint density at radius 3 is 2.11 bits per heavy atom. The van der Waals surface area contributed by atoms with Crippen LogP contribution in [-0.2, 0) is 0 Å². The van der Waals surface area contributed by atoms with Gasteiger partial charge in [0.1, 0.15) is 0 Å². The lowest BCUT2D eigenvalue weighted by atomic mass is 10.1. The minimum absolute atomic E-state index is 0.521. The predicted molar refractivity (Wildman–Crippen MR) is 112 cm³/mol. The number of benzene rings is 4. The summed E-state index contributed by atoms with van der Waals surface area (Å²) < 4.78 is 0. The molecule has 4 heteroatoms. The van der Waals surface area contributed by atoms with Gasteiger partial charge in [0.05, 0.1) is 11.4 Å². The third kappa shape index (κ3) is 4.07. The van der Waals surface area contributed by atoms with Crippen LogP contribution in [0, 0.1) is 0 Å². The van der Waals surface area contributed by atoms with Gasteiger partial charge in [0.25, 0.3) is 0 Å². The first-order valence-electron chi connectivity index (χ1n) is 8.74. The van der Waals surface area contributed by atoms with Crippen LogP contribution in [0.15, 0.2) is 118 Å². The molecule has 0 saturated heterocycles. The summed E-state index contributed by atoms with van der Waals surface area (Å²) in [7, 11) is 0. The second-order valence-corrected chi connectivity index (χ2v) is 5.98. The van der Waals surface area contributed by atoms with Gasteiger partial charge in [-0.25, -0.2) is 0 Å². The number of hydrazone groups is 1. The number of azo groups is 1. The number of nitrogens with zero attached hydrogens (tertiary/aromatic N) is 3. The van der Waals surface area contributed by atoms with E-state index in [1.165, 1.54) is 0 Å². The summed E-state index contributed by atoms with van der Waals surface area (Å²) in [6.45, 7) is 0. The lowest BCUT2D eigenvalue weighted by molar-refractivity contribution is 1.23. The Balaban J connectivity index is 1.69. The SMILES string of the molecule is c1ccc(NN=C(N=Nc2cccc3ccccc23)c2ccccc2)cc1. The zero-order valence-corrected chi connectivity index (χ0v) is 14.7. The van der Waals surface area contributed by atoms with Crippen LogP contribution in [0.25, 0.3) is 10.8 Å². The van der Waals surface area contributed by atoms with Crippen LogP contribution >= 0.6 is 0 Å². The molecule has 27 heavy (non-hydrogen) atoms. The van der Waals surface area contributed by atoms with E-state index in [0.717, 1.165) is 27.7 Å². The number of hydrogen-bond acceptors (Lipinski definition) is 3. The molecule has 0 fully saturated rings. The minimum atomic E-state index is 0.521. The van der Waals surface area contributed by atoms with Crippen molar-refractivity contribution in [2.75, 3.05) is 5.43 Å². The molecule has 4 aromatic carbocycles. The first-order chi connectivity index (χ1) is 13.4. The fourth-order valence-corrected chi connectivity index (χ4v) is 2.76. The molecular formula is C23H18N4. The van der Waals surface area contributed by atoms with Crippen LogP contribution in [-0.4, -0.2) is 5.84 Å². The normalized spacial score (nSPS) is 11.8. The lowest BCUT2D eigenvalue weighted by Crippen LogP contribution is -2.00. The summed E-state index contributed by atoms with van der Waals surface area (Å²) in [5, 5.41) is 15.6. The monoisotopic (exact) mass is 350 g/mol. The van der Waals surface area contributed by atoms with Crippen LogP contribution < -0.4 is 5.43 Å². The van der Waals surface area contributed by atoms with E-state index in [9.17, 15) is 0 Å². The van der Waals surface area contributed by atoms with E-state index in [-0.39, 0.29) is 0 Å². The van der Waals surface area contributed by atoms with Crippen LogP contribution in [0.1, 0.15) is 5.56 Å². The lowest BCUT2D eigenvalue weighted by Gasteiger charge is -2.04. The fraction of sp³-hybridized carbons (Fsp3) is 0. The van der Waals surface area contributed by atoms with E-state index in [1.807, 2.05) is 91.0 Å². The van der Waals surface area contributed by atoms with Crippen LogP contribution in [0.2, 0.25) is 0 Å². The van der Waals surface area contributed by atoms with Gasteiger partial charge in [-0.05, 0) is 23.6 Å². The topological polar surface area (TPSA) is 49.1 Å². The molecule has 4 rings (SSSR count). The van der Waals surface area contributed by atoms with E-state index in [1.54, 1.807) is 0 Å². The second kappa shape index (κ2) is 8.06. The minimum Gasteiger partial charge on any atom is -0.276 e. The Bertz CT molecular complexity index is 1080. The number of anilines is 1. The number of nitrogens with one attached hydrogen (secondary N) is 1. The molecule has 0 aliphatic rings. The zero-order valence-electron chi connectivity index (χ0n) is 14.7. The highest BCUT2D eigenvalue weighted by Gasteiger charge is 2.04. The number of fused-ring (bicyclic) bond motifs is 1. The first kappa shape index (κ1) is 16.7. The molecule has 0 aliphatic heterocycles. The van der Waals surface area contributed by atoms with E-state index in [4.69, 9.17) is 0 Å². The third-order valence-electron chi connectivity index (χ3n) is 4.12. The average molecular weight is 350 g/mol. The molecular weight excluding hydrogens is 332 g/mol. The highest BCUT2D eigenvalue weighted by molar-refractivity contribution is 6.00. The maximum absolute atomic E-state index is 4.48. The molecule has 0 bridgehead atoms. The Morgan fingerprint density at radius 2 is 1.30 bits per heavy atom. The summed E-state index contributed by atoms with van der Waals surface area (Å²) in [6, 6.07) is 33.7. The highest BCUT2D eigenvalue weighted by atomic mass is 15.3. The Labute approximate surface area is 157 Å². The van der Waals surface area contributed by atoms with Crippen molar-refractivity contribution >= 4 is 28.0 Å².